The summed E-state index contributed by atoms with van der Waals surface area (Å²) < 4.78 is 41.6. The number of alkyl halides is 3. The number of aromatic hydroxyl groups is 1. The predicted octanol–water partition coefficient (Wildman–Crippen LogP) is 4.30. The number of phenolic OH excluding ortho intramolecular Hbond substituents is 1. The zero-order valence-corrected chi connectivity index (χ0v) is 15.9. The molecule has 3 rings (SSSR count). The molecule has 0 radical (unpaired) electrons. The first-order valence-electron chi connectivity index (χ1n) is 8.99. The van der Waals surface area contributed by atoms with Crippen molar-refractivity contribution < 1.29 is 23.0 Å². The first-order valence-corrected chi connectivity index (χ1v) is 8.99. The Hall–Kier alpha value is -3.07. The molecule has 0 aliphatic carbocycles. The van der Waals surface area contributed by atoms with E-state index in [1.54, 1.807) is 12.1 Å². The molecular formula is C20H21F3N4O2. The van der Waals surface area contributed by atoms with Gasteiger partial charge < -0.3 is 20.9 Å². The number of halogens is 3. The van der Waals surface area contributed by atoms with E-state index in [1.165, 1.54) is 0 Å². The summed E-state index contributed by atoms with van der Waals surface area (Å²) in [4.78, 5) is 8.81. The van der Waals surface area contributed by atoms with Crippen LogP contribution in [0.4, 0.5) is 19.0 Å². The molecule has 0 bridgehead atoms. The fourth-order valence-corrected chi connectivity index (χ4v) is 2.67. The molecule has 3 aromatic rings. The van der Waals surface area contributed by atoms with Gasteiger partial charge in [0, 0.05) is 18.0 Å². The minimum absolute atomic E-state index is 0.0220. The summed E-state index contributed by atoms with van der Waals surface area (Å²) >= 11 is 0. The van der Waals surface area contributed by atoms with Crippen molar-refractivity contribution in [1.29, 1.82) is 0 Å². The molecule has 1 heterocycles. The summed E-state index contributed by atoms with van der Waals surface area (Å²) in [5, 5.41) is 14.1. The van der Waals surface area contributed by atoms with Gasteiger partial charge in [-0.25, -0.2) is 9.97 Å². The van der Waals surface area contributed by atoms with Crippen LogP contribution in [0.5, 0.6) is 11.5 Å². The number of benzene rings is 2. The van der Waals surface area contributed by atoms with Gasteiger partial charge in [0.1, 0.15) is 17.3 Å². The van der Waals surface area contributed by atoms with E-state index in [0.29, 0.717) is 17.9 Å². The number of phenols is 1. The molecule has 0 unspecified atom stereocenters. The van der Waals surface area contributed by atoms with Crippen molar-refractivity contribution in [3.63, 3.8) is 0 Å². The van der Waals surface area contributed by atoms with E-state index in [9.17, 15) is 18.3 Å². The lowest BCUT2D eigenvalue weighted by atomic mass is 10.1. The van der Waals surface area contributed by atoms with Gasteiger partial charge in [-0.3, -0.25) is 0 Å². The molecule has 9 heteroatoms. The molecule has 0 saturated carbocycles. The van der Waals surface area contributed by atoms with Crippen LogP contribution in [0.2, 0.25) is 0 Å². The van der Waals surface area contributed by atoms with Crippen LogP contribution in [0.3, 0.4) is 0 Å². The van der Waals surface area contributed by atoms with Crippen LogP contribution >= 0.6 is 0 Å². The number of anilines is 1. The quantitative estimate of drug-likeness (QED) is 0.565. The molecule has 29 heavy (non-hydrogen) atoms. The maximum Gasteiger partial charge on any atom is 0.573 e. The Morgan fingerprint density at radius 3 is 2.55 bits per heavy atom. The molecule has 2 aromatic carbocycles. The number of aromatic nitrogens is 2. The Balaban J connectivity index is 2.05. The summed E-state index contributed by atoms with van der Waals surface area (Å²) in [6, 6.07) is 10.2. The van der Waals surface area contributed by atoms with Gasteiger partial charge in [-0.1, -0.05) is 26.0 Å². The number of para-hydroxylation sites is 1. The van der Waals surface area contributed by atoms with E-state index in [2.05, 4.69) is 20.0 Å². The lowest BCUT2D eigenvalue weighted by Crippen LogP contribution is -2.34. The second kappa shape index (κ2) is 8.12. The number of fused-ring (bicyclic) bond motifs is 1. The highest BCUT2D eigenvalue weighted by atomic mass is 19.4. The van der Waals surface area contributed by atoms with Crippen LogP contribution in [-0.4, -0.2) is 34.0 Å². The summed E-state index contributed by atoms with van der Waals surface area (Å²) in [5.74, 6) is 0.0473. The molecular weight excluding hydrogens is 385 g/mol. The van der Waals surface area contributed by atoms with E-state index in [-0.39, 0.29) is 29.1 Å². The van der Waals surface area contributed by atoms with Crippen LogP contribution in [0, 0.1) is 5.92 Å². The van der Waals surface area contributed by atoms with Crippen molar-refractivity contribution in [2.45, 2.75) is 26.3 Å². The molecule has 4 N–H and O–H groups in total. The van der Waals surface area contributed by atoms with Gasteiger partial charge in [0.05, 0.1) is 11.1 Å². The molecule has 6 nitrogen and oxygen atoms in total. The van der Waals surface area contributed by atoms with Crippen molar-refractivity contribution in [1.82, 2.24) is 9.97 Å². The molecule has 0 saturated heterocycles. The third-order valence-corrected chi connectivity index (χ3v) is 4.41. The average molecular weight is 406 g/mol. The zero-order valence-electron chi connectivity index (χ0n) is 15.9. The second-order valence-corrected chi connectivity index (χ2v) is 6.93. The first-order chi connectivity index (χ1) is 13.6. The Bertz CT molecular complexity index is 1010. The van der Waals surface area contributed by atoms with Crippen LogP contribution in [-0.2, 0) is 0 Å². The number of nitrogens with one attached hydrogen (secondary N) is 1. The monoisotopic (exact) mass is 406 g/mol. The lowest BCUT2D eigenvalue weighted by Gasteiger charge is -2.18. The summed E-state index contributed by atoms with van der Waals surface area (Å²) in [7, 11) is 0. The average Bonchev–Trinajstić information content (AvgIpc) is 2.65. The van der Waals surface area contributed by atoms with Crippen LogP contribution in [0.1, 0.15) is 13.8 Å². The highest BCUT2D eigenvalue weighted by Crippen LogP contribution is 2.34. The Morgan fingerprint density at radius 1 is 1.14 bits per heavy atom. The highest BCUT2D eigenvalue weighted by molar-refractivity contribution is 5.91. The topological polar surface area (TPSA) is 93.3 Å². The van der Waals surface area contributed by atoms with Crippen LogP contribution in [0.15, 0.2) is 42.5 Å². The van der Waals surface area contributed by atoms with Gasteiger partial charge >= 0.3 is 6.36 Å². The maximum atomic E-state index is 12.6. The molecule has 0 spiro atoms. The first kappa shape index (κ1) is 20.7. The van der Waals surface area contributed by atoms with Crippen molar-refractivity contribution in [3.05, 3.63) is 42.5 Å². The van der Waals surface area contributed by atoms with Crippen molar-refractivity contribution in [2.75, 3.05) is 11.9 Å². The van der Waals surface area contributed by atoms with E-state index >= 15 is 0 Å². The zero-order chi connectivity index (χ0) is 21.2. The largest absolute Gasteiger partial charge is 0.573 e. The minimum atomic E-state index is -4.85. The third kappa shape index (κ3) is 5.05. The highest BCUT2D eigenvalue weighted by Gasteiger charge is 2.31. The van der Waals surface area contributed by atoms with E-state index in [1.807, 2.05) is 26.0 Å². The molecule has 1 atom stereocenters. The normalized spacial score (nSPS) is 12.9. The number of nitrogens with zero attached hydrogens (tertiary/aromatic N) is 2. The van der Waals surface area contributed by atoms with Gasteiger partial charge in [-0.15, -0.1) is 13.2 Å². The Labute approximate surface area is 165 Å². The van der Waals surface area contributed by atoms with E-state index in [4.69, 9.17) is 5.73 Å². The molecule has 0 fully saturated rings. The van der Waals surface area contributed by atoms with E-state index < -0.39 is 12.1 Å². The predicted molar refractivity (Wildman–Crippen MR) is 105 cm³/mol. The summed E-state index contributed by atoms with van der Waals surface area (Å²) in [6.45, 7) is 4.45. The lowest BCUT2D eigenvalue weighted by molar-refractivity contribution is -0.274. The second-order valence-electron chi connectivity index (χ2n) is 6.93. The Kier molecular flexibility index (Phi) is 5.78. The molecule has 0 amide bonds. The molecule has 0 aliphatic heterocycles. The number of hydrogen-bond donors (Lipinski definition) is 3. The standard InChI is InChI=1S/C20H21F3N4O2/c1-11(2)15(24)10-25-18-13-5-3-4-6-16(13)26-19(27-18)14-9-12(7-8-17(14)28)29-20(21,22)23/h3-9,11,15,28H,10,24H2,1-2H3,(H,25,26,27)/t15-/m1/s1. The number of ether oxygens (including phenoxy) is 1. The Morgan fingerprint density at radius 2 is 1.86 bits per heavy atom. The smallest absolute Gasteiger partial charge is 0.507 e. The summed E-state index contributed by atoms with van der Waals surface area (Å²) in [5.41, 5.74) is 6.68. The number of rotatable bonds is 6. The fourth-order valence-electron chi connectivity index (χ4n) is 2.67. The molecule has 154 valence electrons. The minimum Gasteiger partial charge on any atom is -0.507 e. The van der Waals surface area contributed by atoms with Gasteiger partial charge in [0.25, 0.3) is 0 Å². The molecule has 0 aliphatic rings. The van der Waals surface area contributed by atoms with Gasteiger partial charge in [0.2, 0.25) is 0 Å². The number of nitrogens with two attached hydrogens (primary N) is 1. The van der Waals surface area contributed by atoms with Crippen molar-refractivity contribution in [2.24, 2.45) is 11.7 Å². The summed E-state index contributed by atoms with van der Waals surface area (Å²) in [6.07, 6.45) is -4.85. The van der Waals surface area contributed by atoms with Crippen molar-refractivity contribution >= 4 is 16.7 Å². The fraction of sp³-hybridized carbons (Fsp3) is 0.300. The third-order valence-electron chi connectivity index (χ3n) is 4.41. The van der Waals surface area contributed by atoms with Crippen LogP contribution < -0.4 is 15.8 Å². The van der Waals surface area contributed by atoms with Gasteiger partial charge in [0.15, 0.2) is 5.82 Å². The molecule has 1 aromatic heterocycles. The van der Waals surface area contributed by atoms with Crippen LogP contribution in [0.25, 0.3) is 22.3 Å². The number of hydrogen-bond acceptors (Lipinski definition) is 6. The SMILES string of the molecule is CC(C)[C@H](N)CNc1nc(-c2cc(OC(F)(F)F)ccc2O)nc2ccccc12. The van der Waals surface area contributed by atoms with Gasteiger partial charge in [-0.2, -0.15) is 0 Å². The maximum absolute atomic E-state index is 12.6. The van der Waals surface area contributed by atoms with Gasteiger partial charge in [-0.05, 0) is 36.2 Å². The van der Waals surface area contributed by atoms with E-state index in [0.717, 1.165) is 23.6 Å². The van der Waals surface area contributed by atoms with Crippen molar-refractivity contribution in [3.8, 4) is 22.9 Å².